The number of sulfonamides is 1. The Morgan fingerprint density at radius 3 is 2.61 bits per heavy atom. The summed E-state index contributed by atoms with van der Waals surface area (Å²) in [6.07, 6.45) is 3.71. The van der Waals surface area contributed by atoms with Crippen LogP contribution in [0.25, 0.3) is 0 Å². The molecule has 0 radical (unpaired) electrons. The van der Waals surface area contributed by atoms with E-state index in [4.69, 9.17) is 0 Å². The molecule has 1 fully saturated rings. The number of carbonyl (C=O) groups excluding carboxylic acids is 1. The second-order valence-electron chi connectivity index (χ2n) is 7.67. The molecule has 7 heteroatoms. The van der Waals surface area contributed by atoms with Crippen LogP contribution in [0.2, 0.25) is 0 Å². The van der Waals surface area contributed by atoms with Gasteiger partial charge in [0, 0.05) is 30.1 Å². The minimum absolute atomic E-state index is 0.00551. The molecule has 1 aromatic carbocycles. The fourth-order valence-electron chi connectivity index (χ4n) is 4.21. The van der Waals surface area contributed by atoms with E-state index < -0.39 is 10.0 Å². The van der Waals surface area contributed by atoms with Gasteiger partial charge in [-0.1, -0.05) is 12.5 Å². The van der Waals surface area contributed by atoms with E-state index in [0.29, 0.717) is 30.8 Å². The molecule has 0 saturated carbocycles. The molecule has 0 spiro atoms. The van der Waals surface area contributed by atoms with E-state index in [0.717, 1.165) is 25.7 Å². The van der Waals surface area contributed by atoms with Crippen LogP contribution in [0.4, 0.5) is 0 Å². The number of piperidine rings is 1. The molecule has 150 valence electrons. The molecule has 2 aromatic rings. The van der Waals surface area contributed by atoms with E-state index >= 15 is 0 Å². The van der Waals surface area contributed by atoms with E-state index in [1.807, 2.05) is 11.8 Å². The number of benzene rings is 1. The average Bonchev–Trinajstić information content (AvgIpc) is 3.18. The van der Waals surface area contributed by atoms with E-state index in [2.05, 4.69) is 11.4 Å². The van der Waals surface area contributed by atoms with Crippen molar-refractivity contribution in [2.75, 3.05) is 19.6 Å². The third-order valence-corrected chi connectivity index (χ3v) is 8.94. The van der Waals surface area contributed by atoms with Crippen molar-refractivity contribution in [2.24, 2.45) is 0 Å². The van der Waals surface area contributed by atoms with Gasteiger partial charge in [-0.05, 0) is 67.8 Å². The molecule has 2 aliphatic heterocycles. The van der Waals surface area contributed by atoms with Gasteiger partial charge in [0.05, 0.1) is 10.9 Å². The summed E-state index contributed by atoms with van der Waals surface area (Å²) in [4.78, 5) is 16.7. The van der Waals surface area contributed by atoms with Crippen molar-refractivity contribution in [2.45, 2.75) is 50.5 Å². The first-order valence-electron chi connectivity index (χ1n) is 9.87. The molecule has 1 saturated heterocycles. The standard InChI is InChI=1S/C21H26N2O3S2/c1-15-6-7-17(14-20(15)28(25,26)22-10-4-3-5-11-22)21(24)23-12-8-19-18(16(23)2)9-13-27-19/h6-7,9,13-14,16H,3-5,8,10-12H2,1-2H3/t16-/m0/s1. The summed E-state index contributed by atoms with van der Waals surface area (Å²) in [6.45, 7) is 5.62. The molecule has 1 atom stereocenters. The minimum atomic E-state index is -3.57. The first-order valence-corrected chi connectivity index (χ1v) is 12.2. The van der Waals surface area contributed by atoms with Crippen LogP contribution < -0.4 is 0 Å². The van der Waals surface area contributed by atoms with Crippen LogP contribution >= 0.6 is 11.3 Å². The zero-order valence-corrected chi connectivity index (χ0v) is 18.0. The van der Waals surface area contributed by atoms with Crippen LogP contribution in [-0.2, 0) is 16.4 Å². The number of amides is 1. The number of fused-ring (bicyclic) bond motifs is 1. The molecular weight excluding hydrogens is 392 g/mol. The van der Waals surface area contributed by atoms with Crippen molar-refractivity contribution >= 4 is 27.3 Å². The maximum Gasteiger partial charge on any atom is 0.254 e. The van der Waals surface area contributed by atoms with Gasteiger partial charge in [0.2, 0.25) is 10.0 Å². The first kappa shape index (κ1) is 19.6. The molecule has 5 nitrogen and oxygen atoms in total. The van der Waals surface area contributed by atoms with Crippen LogP contribution in [-0.4, -0.2) is 43.2 Å². The lowest BCUT2D eigenvalue weighted by Gasteiger charge is -2.34. The second-order valence-corrected chi connectivity index (χ2v) is 10.6. The third-order valence-electron chi connectivity index (χ3n) is 5.91. The Morgan fingerprint density at radius 2 is 1.86 bits per heavy atom. The highest BCUT2D eigenvalue weighted by molar-refractivity contribution is 7.89. The lowest BCUT2D eigenvalue weighted by atomic mass is 10.00. The van der Waals surface area contributed by atoms with E-state index in [9.17, 15) is 13.2 Å². The van der Waals surface area contributed by atoms with Crippen molar-refractivity contribution in [1.29, 1.82) is 0 Å². The van der Waals surface area contributed by atoms with Gasteiger partial charge in [-0.3, -0.25) is 4.79 Å². The van der Waals surface area contributed by atoms with Crippen LogP contribution in [0.3, 0.4) is 0 Å². The number of hydrogen-bond acceptors (Lipinski definition) is 4. The SMILES string of the molecule is Cc1ccc(C(=O)N2CCc3sccc3[C@@H]2C)cc1S(=O)(=O)N1CCCCC1. The summed E-state index contributed by atoms with van der Waals surface area (Å²) in [6, 6.07) is 7.19. The quantitative estimate of drug-likeness (QED) is 0.757. The van der Waals surface area contributed by atoms with Crippen molar-refractivity contribution in [3.63, 3.8) is 0 Å². The van der Waals surface area contributed by atoms with Crippen molar-refractivity contribution in [1.82, 2.24) is 9.21 Å². The molecule has 1 amide bonds. The summed E-state index contributed by atoms with van der Waals surface area (Å²) >= 11 is 1.74. The maximum atomic E-state index is 13.2. The van der Waals surface area contributed by atoms with Gasteiger partial charge in [-0.2, -0.15) is 4.31 Å². The fourth-order valence-corrected chi connectivity index (χ4v) is 6.94. The van der Waals surface area contributed by atoms with E-state index in [1.54, 1.807) is 40.8 Å². The molecule has 0 aliphatic carbocycles. The highest BCUT2D eigenvalue weighted by Crippen LogP contribution is 2.34. The normalized spacial score (nSPS) is 20.8. The predicted octanol–water partition coefficient (Wildman–Crippen LogP) is 3.99. The van der Waals surface area contributed by atoms with Gasteiger partial charge in [-0.15, -0.1) is 11.3 Å². The monoisotopic (exact) mass is 418 g/mol. The summed E-state index contributed by atoms with van der Waals surface area (Å²) in [5.41, 5.74) is 2.35. The maximum absolute atomic E-state index is 13.2. The van der Waals surface area contributed by atoms with Crippen molar-refractivity contribution in [3.05, 3.63) is 51.2 Å². The number of carbonyl (C=O) groups is 1. The first-order chi connectivity index (χ1) is 13.4. The number of thiophene rings is 1. The molecule has 0 unspecified atom stereocenters. The van der Waals surface area contributed by atoms with Crippen LogP contribution in [0.1, 0.15) is 58.6 Å². The third kappa shape index (κ3) is 3.40. The van der Waals surface area contributed by atoms with Crippen LogP contribution in [0.5, 0.6) is 0 Å². The zero-order chi connectivity index (χ0) is 19.9. The van der Waals surface area contributed by atoms with Gasteiger partial charge < -0.3 is 4.90 Å². The number of aryl methyl sites for hydroxylation is 1. The van der Waals surface area contributed by atoms with Gasteiger partial charge in [0.15, 0.2) is 0 Å². The molecule has 0 N–H and O–H groups in total. The Balaban J connectivity index is 1.64. The largest absolute Gasteiger partial charge is 0.331 e. The lowest BCUT2D eigenvalue weighted by molar-refractivity contribution is 0.0679. The number of nitrogens with zero attached hydrogens (tertiary/aromatic N) is 2. The predicted molar refractivity (Wildman–Crippen MR) is 111 cm³/mol. The van der Waals surface area contributed by atoms with Crippen molar-refractivity contribution < 1.29 is 13.2 Å². The molecule has 3 heterocycles. The Hall–Kier alpha value is -1.70. The molecule has 4 rings (SSSR count). The molecule has 0 bridgehead atoms. The number of hydrogen-bond donors (Lipinski definition) is 0. The van der Waals surface area contributed by atoms with Gasteiger partial charge in [0.25, 0.3) is 5.91 Å². The number of rotatable bonds is 3. The summed E-state index contributed by atoms with van der Waals surface area (Å²) < 4.78 is 27.9. The Kier molecular flexibility index (Phi) is 5.33. The lowest BCUT2D eigenvalue weighted by Crippen LogP contribution is -2.38. The molecular formula is C21H26N2O3S2. The Bertz CT molecular complexity index is 991. The second kappa shape index (κ2) is 7.61. The molecule has 28 heavy (non-hydrogen) atoms. The zero-order valence-electron chi connectivity index (χ0n) is 16.3. The Labute approximate surface area is 171 Å². The molecule has 1 aromatic heterocycles. The highest BCUT2D eigenvalue weighted by Gasteiger charge is 2.31. The minimum Gasteiger partial charge on any atom is -0.331 e. The van der Waals surface area contributed by atoms with E-state index in [1.165, 1.54) is 10.4 Å². The average molecular weight is 419 g/mol. The topological polar surface area (TPSA) is 57.7 Å². The van der Waals surface area contributed by atoms with E-state index in [-0.39, 0.29) is 16.8 Å². The smallest absolute Gasteiger partial charge is 0.254 e. The van der Waals surface area contributed by atoms with Gasteiger partial charge in [0.1, 0.15) is 0 Å². The van der Waals surface area contributed by atoms with Crippen LogP contribution in [0, 0.1) is 6.92 Å². The van der Waals surface area contributed by atoms with Crippen molar-refractivity contribution in [3.8, 4) is 0 Å². The van der Waals surface area contributed by atoms with Crippen LogP contribution in [0.15, 0.2) is 34.5 Å². The summed E-state index contributed by atoms with van der Waals surface area (Å²) in [7, 11) is -3.57. The summed E-state index contributed by atoms with van der Waals surface area (Å²) in [5.74, 6) is -0.0977. The van der Waals surface area contributed by atoms with Gasteiger partial charge in [-0.25, -0.2) is 8.42 Å². The summed E-state index contributed by atoms with van der Waals surface area (Å²) in [5, 5.41) is 2.07. The highest BCUT2D eigenvalue weighted by atomic mass is 32.2. The molecule has 2 aliphatic rings. The Morgan fingerprint density at radius 1 is 1.11 bits per heavy atom. The fraction of sp³-hybridized carbons (Fsp3) is 0.476. The van der Waals surface area contributed by atoms with Gasteiger partial charge >= 0.3 is 0 Å².